The molecule has 0 amide bonds. The van der Waals surface area contributed by atoms with E-state index in [4.69, 9.17) is 10.5 Å². The van der Waals surface area contributed by atoms with Crippen LogP contribution < -0.4 is 15.8 Å². The van der Waals surface area contributed by atoms with Crippen LogP contribution in [0.1, 0.15) is 10.4 Å². The predicted octanol–water partition coefficient (Wildman–Crippen LogP) is 2.71. The van der Waals surface area contributed by atoms with Crippen LogP contribution in [0.4, 0.5) is 15.8 Å². The summed E-state index contributed by atoms with van der Waals surface area (Å²) in [5, 5.41) is 2.99. The Morgan fingerprint density at radius 3 is 2.75 bits per heavy atom. The van der Waals surface area contributed by atoms with E-state index in [0.29, 0.717) is 11.3 Å². The Morgan fingerprint density at radius 2 is 2.05 bits per heavy atom. The molecule has 0 spiro atoms. The lowest BCUT2D eigenvalue weighted by Crippen LogP contribution is -2.14. The van der Waals surface area contributed by atoms with Gasteiger partial charge in [-0.2, -0.15) is 0 Å². The Bertz CT molecular complexity index is 629. The van der Waals surface area contributed by atoms with E-state index >= 15 is 0 Å². The van der Waals surface area contributed by atoms with Crippen LogP contribution in [0.15, 0.2) is 42.5 Å². The summed E-state index contributed by atoms with van der Waals surface area (Å²) in [6.07, 6.45) is 0. The van der Waals surface area contributed by atoms with Crippen molar-refractivity contribution >= 4 is 17.2 Å². The zero-order valence-corrected chi connectivity index (χ0v) is 11.0. The number of carbonyl (C=O) groups excluding carboxylic acids is 1. The number of hydrogen-bond donors (Lipinski definition) is 2. The fourth-order valence-corrected chi connectivity index (χ4v) is 1.79. The molecule has 2 rings (SSSR count). The molecule has 0 aromatic heterocycles. The number of ether oxygens (including phenoxy) is 1. The number of benzene rings is 2. The first-order valence-corrected chi connectivity index (χ1v) is 6.07. The molecule has 0 heterocycles. The van der Waals surface area contributed by atoms with E-state index in [9.17, 15) is 9.18 Å². The minimum absolute atomic E-state index is 0.0341. The molecule has 0 aliphatic heterocycles. The van der Waals surface area contributed by atoms with Gasteiger partial charge in [-0.05, 0) is 30.3 Å². The number of anilines is 2. The normalized spacial score (nSPS) is 10.1. The van der Waals surface area contributed by atoms with Gasteiger partial charge in [0.1, 0.15) is 11.6 Å². The maximum atomic E-state index is 13.0. The monoisotopic (exact) mass is 274 g/mol. The number of nitrogens with one attached hydrogen (secondary N) is 1. The van der Waals surface area contributed by atoms with Gasteiger partial charge in [0.05, 0.1) is 25.0 Å². The highest BCUT2D eigenvalue weighted by Crippen LogP contribution is 2.23. The number of rotatable bonds is 5. The molecular weight excluding hydrogens is 259 g/mol. The molecule has 0 aliphatic carbocycles. The first-order chi connectivity index (χ1) is 9.61. The molecule has 0 radical (unpaired) electrons. The van der Waals surface area contributed by atoms with E-state index < -0.39 is 5.82 Å². The van der Waals surface area contributed by atoms with Crippen molar-refractivity contribution in [2.45, 2.75) is 0 Å². The molecular formula is C15H15FN2O2. The summed E-state index contributed by atoms with van der Waals surface area (Å²) in [5.41, 5.74) is 6.50. The molecule has 0 bridgehead atoms. The van der Waals surface area contributed by atoms with E-state index in [1.807, 2.05) is 18.2 Å². The van der Waals surface area contributed by atoms with Gasteiger partial charge in [-0.1, -0.05) is 12.1 Å². The number of para-hydroxylation sites is 2. The van der Waals surface area contributed by atoms with Crippen LogP contribution in [0.5, 0.6) is 5.75 Å². The molecule has 0 fully saturated rings. The van der Waals surface area contributed by atoms with E-state index in [2.05, 4.69) is 5.32 Å². The van der Waals surface area contributed by atoms with E-state index in [-0.39, 0.29) is 18.0 Å². The number of Topliss-reactive ketones (excluding diaryl/α,β-unsaturated/α-hetero) is 1. The Labute approximate surface area is 116 Å². The molecule has 5 heteroatoms. The lowest BCUT2D eigenvalue weighted by atomic mass is 10.1. The summed E-state index contributed by atoms with van der Waals surface area (Å²) in [5.74, 6) is -0.0548. The minimum atomic E-state index is -0.528. The van der Waals surface area contributed by atoms with Crippen molar-refractivity contribution in [2.24, 2.45) is 0 Å². The molecule has 20 heavy (non-hydrogen) atoms. The molecule has 0 saturated carbocycles. The summed E-state index contributed by atoms with van der Waals surface area (Å²) in [6.45, 7) is 0.0748. The van der Waals surface area contributed by atoms with Crippen LogP contribution in [-0.4, -0.2) is 19.4 Å². The number of nitrogen functional groups attached to an aromatic ring is 1. The van der Waals surface area contributed by atoms with Crippen LogP contribution in [0.2, 0.25) is 0 Å². The van der Waals surface area contributed by atoms with Crippen molar-refractivity contribution in [1.29, 1.82) is 0 Å². The summed E-state index contributed by atoms with van der Waals surface area (Å²) in [7, 11) is 1.56. The SMILES string of the molecule is COc1ccccc1NCC(=O)c1ccc(F)c(N)c1. The molecule has 0 saturated heterocycles. The predicted molar refractivity (Wildman–Crippen MR) is 76.6 cm³/mol. The summed E-state index contributed by atoms with van der Waals surface area (Å²) < 4.78 is 18.2. The Hall–Kier alpha value is -2.56. The summed E-state index contributed by atoms with van der Waals surface area (Å²) >= 11 is 0. The Balaban J connectivity index is 2.06. The molecule has 0 aliphatic rings. The van der Waals surface area contributed by atoms with Gasteiger partial charge < -0.3 is 15.8 Å². The van der Waals surface area contributed by atoms with Gasteiger partial charge in [-0.3, -0.25) is 4.79 Å². The topological polar surface area (TPSA) is 64.3 Å². The van der Waals surface area contributed by atoms with Crippen LogP contribution in [0, 0.1) is 5.82 Å². The van der Waals surface area contributed by atoms with Crippen LogP contribution in [0.3, 0.4) is 0 Å². The maximum Gasteiger partial charge on any atom is 0.181 e. The average Bonchev–Trinajstić information content (AvgIpc) is 2.47. The molecule has 104 valence electrons. The number of nitrogens with two attached hydrogens (primary N) is 1. The zero-order chi connectivity index (χ0) is 14.5. The molecule has 2 aromatic carbocycles. The van der Waals surface area contributed by atoms with Crippen molar-refractivity contribution in [3.63, 3.8) is 0 Å². The van der Waals surface area contributed by atoms with Gasteiger partial charge in [-0.15, -0.1) is 0 Å². The third-order valence-corrected chi connectivity index (χ3v) is 2.86. The van der Waals surface area contributed by atoms with Gasteiger partial charge in [0, 0.05) is 5.56 Å². The van der Waals surface area contributed by atoms with Crippen molar-refractivity contribution < 1.29 is 13.9 Å². The van der Waals surface area contributed by atoms with Crippen LogP contribution >= 0.6 is 0 Å². The van der Waals surface area contributed by atoms with Gasteiger partial charge in [0.25, 0.3) is 0 Å². The number of carbonyl (C=O) groups is 1. The maximum absolute atomic E-state index is 13.0. The third kappa shape index (κ3) is 3.06. The lowest BCUT2D eigenvalue weighted by molar-refractivity contribution is 0.101. The van der Waals surface area contributed by atoms with E-state index in [0.717, 1.165) is 5.69 Å². The molecule has 0 atom stereocenters. The third-order valence-electron chi connectivity index (χ3n) is 2.86. The summed E-state index contributed by atoms with van der Waals surface area (Å²) in [6, 6.07) is 11.2. The molecule has 3 N–H and O–H groups in total. The lowest BCUT2D eigenvalue weighted by Gasteiger charge is -2.10. The number of halogens is 1. The average molecular weight is 274 g/mol. The van der Waals surface area contributed by atoms with Crippen LogP contribution in [0.25, 0.3) is 0 Å². The Morgan fingerprint density at radius 1 is 1.30 bits per heavy atom. The van der Waals surface area contributed by atoms with Gasteiger partial charge in [0.2, 0.25) is 0 Å². The molecule has 0 unspecified atom stereocenters. The van der Waals surface area contributed by atoms with Crippen molar-refractivity contribution in [3.05, 3.63) is 53.8 Å². The van der Waals surface area contributed by atoms with Gasteiger partial charge in [0.15, 0.2) is 5.78 Å². The highest BCUT2D eigenvalue weighted by atomic mass is 19.1. The second kappa shape index (κ2) is 6.06. The smallest absolute Gasteiger partial charge is 0.181 e. The van der Waals surface area contributed by atoms with Crippen molar-refractivity contribution in [3.8, 4) is 5.75 Å². The first kappa shape index (κ1) is 13.9. The number of hydrogen-bond acceptors (Lipinski definition) is 4. The number of methoxy groups -OCH3 is 1. The highest BCUT2D eigenvalue weighted by molar-refractivity contribution is 5.99. The fourth-order valence-electron chi connectivity index (χ4n) is 1.79. The van der Waals surface area contributed by atoms with Gasteiger partial charge >= 0.3 is 0 Å². The fraction of sp³-hybridized carbons (Fsp3) is 0.133. The Kier molecular flexibility index (Phi) is 4.20. The minimum Gasteiger partial charge on any atom is -0.495 e. The van der Waals surface area contributed by atoms with E-state index in [1.54, 1.807) is 13.2 Å². The van der Waals surface area contributed by atoms with Gasteiger partial charge in [-0.25, -0.2) is 4.39 Å². The number of ketones is 1. The molecule has 4 nitrogen and oxygen atoms in total. The van der Waals surface area contributed by atoms with Crippen molar-refractivity contribution in [1.82, 2.24) is 0 Å². The quantitative estimate of drug-likeness (QED) is 0.650. The van der Waals surface area contributed by atoms with E-state index in [1.165, 1.54) is 18.2 Å². The second-order valence-electron chi connectivity index (χ2n) is 4.21. The zero-order valence-electron chi connectivity index (χ0n) is 11.0. The van der Waals surface area contributed by atoms with Crippen molar-refractivity contribution in [2.75, 3.05) is 24.7 Å². The largest absolute Gasteiger partial charge is 0.495 e. The standard InChI is InChI=1S/C15H15FN2O2/c1-20-15-5-3-2-4-13(15)18-9-14(19)10-6-7-11(16)12(17)8-10/h2-8,18H,9,17H2,1H3. The molecule has 2 aromatic rings. The second-order valence-corrected chi connectivity index (χ2v) is 4.21. The highest BCUT2D eigenvalue weighted by Gasteiger charge is 2.09. The summed E-state index contributed by atoms with van der Waals surface area (Å²) in [4.78, 5) is 12.0. The first-order valence-electron chi connectivity index (χ1n) is 6.07. The van der Waals surface area contributed by atoms with Crippen LogP contribution in [-0.2, 0) is 0 Å².